The SMILES string of the molecule is Cc1cc(C)c(S(=O)(=O)N(Cc2cccs2)Cc2cc3cccc(C)c3[nH]c2=O)c(C)c1. The number of para-hydroxylation sites is 1. The number of benzene rings is 2. The molecule has 5 nitrogen and oxygen atoms in total. The van der Waals surface area contributed by atoms with Crippen LogP contribution in [-0.4, -0.2) is 17.7 Å². The summed E-state index contributed by atoms with van der Waals surface area (Å²) in [6, 6.07) is 15.2. The van der Waals surface area contributed by atoms with Crippen LogP contribution in [-0.2, 0) is 23.1 Å². The van der Waals surface area contributed by atoms with E-state index >= 15 is 0 Å². The smallest absolute Gasteiger partial charge is 0.252 e. The normalized spacial score (nSPS) is 12.0. The predicted molar refractivity (Wildman–Crippen MR) is 131 cm³/mol. The van der Waals surface area contributed by atoms with Gasteiger partial charge >= 0.3 is 0 Å². The van der Waals surface area contributed by atoms with Crippen molar-refractivity contribution in [1.82, 2.24) is 9.29 Å². The Kier molecular flexibility index (Phi) is 6.07. The Morgan fingerprint density at radius 3 is 2.28 bits per heavy atom. The van der Waals surface area contributed by atoms with Crippen LogP contribution >= 0.6 is 11.3 Å². The Morgan fingerprint density at radius 1 is 0.906 bits per heavy atom. The van der Waals surface area contributed by atoms with Gasteiger partial charge in [-0.1, -0.05) is 42.0 Å². The zero-order valence-electron chi connectivity index (χ0n) is 18.6. The Bertz CT molecular complexity index is 1430. The highest BCUT2D eigenvalue weighted by Crippen LogP contribution is 2.28. The molecule has 0 spiro atoms. The molecule has 0 aliphatic rings. The summed E-state index contributed by atoms with van der Waals surface area (Å²) in [6.07, 6.45) is 0. The van der Waals surface area contributed by atoms with Gasteiger partial charge in [-0.2, -0.15) is 4.31 Å². The molecule has 1 N–H and O–H groups in total. The molecule has 0 saturated carbocycles. The van der Waals surface area contributed by atoms with Crippen molar-refractivity contribution in [3.63, 3.8) is 0 Å². The summed E-state index contributed by atoms with van der Waals surface area (Å²) in [5.41, 5.74) is 4.34. The van der Waals surface area contributed by atoms with Gasteiger partial charge in [0.2, 0.25) is 10.0 Å². The van der Waals surface area contributed by atoms with Gasteiger partial charge in [-0.05, 0) is 67.3 Å². The number of aromatic nitrogens is 1. The largest absolute Gasteiger partial charge is 0.321 e. The van der Waals surface area contributed by atoms with Crippen LogP contribution in [0.25, 0.3) is 10.9 Å². The van der Waals surface area contributed by atoms with E-state index in [9.17, 15) is 13.2 Å². The zero-order chi connectivity index (χ0) is 23.0. The van der Waals surface area contributed by atoms with Gasteiger partial charge in [0.15, 0.2) is 0 Å². The molecular formula is C25H26N2O3S2. The van der Waals surface area contributed by atoms with E-state index in [4.69, 9.17) is 0 Å². The van der Waals surface area contributed by atoms with Crippen LogP contribution < -0.4 is 5.56 Å². The van der Waals surface area contributed by atoms with Crippen LogP contribution in [0.5, 0.6) is 0 Å². The first-order chi connectivity index (χ1) is 15.2. The van der Waals surface area contributed by atoms with Gasteiger partial charge < -0.3 is 4.98 Å². The van der Waals surface area contributed by atoms with Crippen LogP contribution in [0.4, 0.5) is 0 Å². The maximum Gasteiger partial charge on any atom is 0.252 e. The number of hydrogen-bond acceptors (Lipinski definition) is 4. The predicted octanol–water partition coefficient (Wildman–Crippen LogP) is 5.21. The molecule has 0 aliphatic carbocycles. The number of H-pyrrole nitrogens is 1. The fourth-order valence-corrected chi connectivity index (χ4v) is 6.85. The van der Waals surface area contributed by atoms with Crippen LogP contribution in [0.1, 0.15) is 32.7 Å². The number of sulfonamides is 1. The molecule has 2 heterocycles. The van der Waals surface area contributed by atoms with Gasteiger partial charge in [-0.15, -0.1) is 11.3 Å². The lowest BCUT2D eigenvalue weighted by Crippen LogP contribution is -2.33. The van der Waals surface area contributed by atoms with E-state index in [2.05, 4.69) is 4.98 Å². The van der Waals surface area contributed by atoms with E-state index in [-0.39, 0.29) is 18.6 Å². The fraction of sp³-hybridized carbons (Fsp3) is 0.240. The molecule has 32 heavy (non-hydrogen) atoms. The monoisotopic (exact) mass is 466 g/mol. The molecule has 0 bridgehead atoms. The number of aryl methyl sites for hydroxylation is 4. The number of nitrogens with one attached hydrogen (secondary N) is 1. The number of fused-ring (bicyclic) bond motifs is 1. The lowest BCUT2D eigenvalue weighted by atomic mass is 10.1. The molecule has 0 radical (unpaired) electrons. The van der Waals surface area contributed by atoms with Crippen molar-refractivity contribution in [2.75, 3.05) is 0 Å². The van der Waals surface area contributed by atoms with Crippen LogP contribution in [0.3, 0.4) is 0 Å². The molecule has 4 aromatic rings. The average Bonchev–Trinajstić information content (AvgIpc) is 3.21. The first-order valence-electron chi connectivity index (χ1n) is 10.4. The summed E-state index contributed by atoms with van der Waals surface area (Å²) in [7, 11) is -3.84. The highest BCUT2D eigenvalue weighted by molar-refractivity contribution is 7.89. The summed E-state index contributed by atoms with van der Waals surface area (Å²) < 4.78 is 29.1. The minimum absolute atomic E-state index is 0.00773. The van der Waals surface area contributed by atoms with Gasteiger partial charge in [-0.25, -0.2) is 8.42 Å². The fourth-order valence-electron chi connectivity index (χ4n) is 4.24. The molecule has 166 valence electrons. The molecule has 0 fully saturated rings. The quantitative estimate of drug-likeness (QED) is 0.424. The Labute approximate surface area is 192 Å². The molecule has 0 saturated heterocycles. The lowest BCUT2D eigenvalue weighted by Gasteiger charge is -2.24. The van der Waals surface area contributed by atoms with Crippen LogP contribution in [0.15, 0.2) is 63.6 Å². The number of thiophene rings is 1. The van der Waals surface area contributed by atoms with Gasteiger partial charge in [0.25, 0.3) is 5.56 Å². The molecule has 0 aliphatic heterocycles. The number of pyridine rings is 1. The first kappa shape index (κ1) is 22.5. The van der Waals surface area contributed by atoms with Crippen molar-refractivity contribution >= 4 is 32.3 Å². The van der Waals surface area contributed by atoms with E-state index in [1.807, 2.05) is 75.5 Å². The van der Waals surface area contributed by atoms with Crippen molar-refractivity contribution in [3.05, 3.63) is 97.0 Å². The second-order valence-corrected chi connectivity index (χ2v) is 11.2. The minimum Gasteiger partial charge on any atom is -0.321 e. The minimum atomic E-state index is -3.84. The van der Waals surface area contributed by atoms with E-state index in [0.717, 1.165) is 26.9 Å². The first-order valence-corrected chi connectivity index (χ1v) is 12.7. The molecule has 0 unspecified atom stereocenters. The second-order valence-electron chi connectivity index (χ2n) is 8.24. The highest BCUT2D eigenvalue weighted by Gasteiger charge is 2.29. The van der Waals surface area contributed by atoms with E-state index < -0.39 is 10.0 Å². The standard InChI is InChI=1S/C25H26N2O3S2/c1-16-11-18(3)24(19(4)12-16)32(29,30)27(15-22-9-6-10-31-22)14-21-13-20-8-5-7-17(2)23(20)26-25(21)28/h5-13H,14-15H2,1-4H3,(H,26,28). The van der Waals surface area contributed by atoms with Gasteiger partial charge in [0.05, 0.1) is 10.4 Å². The summed E-state index contributed by atoms with van der Waals surface area (Å²) in [5.74, 6) is 0. The third-order valence-corrected chi connectivity index (χ3v) is 8.59. The number of hydrogen-bond donors (Lipinski definition) is 1. The van der Waals surface area contributed by atoms with E-state index in [0.29, 0.717) is 21.6 Å². The zero-order valence-corrected chi connectivity index (χ0v) is 20.2. The third kappa shape index (κ3) is 4.28. The molecular weight excluding hydrogens is 440 g/mol. The van der Waals surface area contributed by atoms with Crippen molar-refractivity contribution < 1.29 is 8.42 Å². The van der Waals surface area contributed by atoms with E-state index in [1.165, 1.54) is 15.6 Å². The Hall–Kier alpha value is -2.74. The molecule has 0 atom stereocenters. The topological polar surface area (TPSA) is 70.2 Å². The summed E-state index contributed by atoms with van der Waals surface area (Å²) in [6.45, 7) is 7.73. The van der Waals surface area contributed by atoms with Gasteiger partial charge in [0, 0.05) is 23.5 Å². The number of rotatable bonds is 6. The van der Waals surface area contributed by atoms with Crippen molar-refractivity contribution in [2.24, 2.45) is 0 Å². The maximum atomic E-state index is 13.9. The van der Waals surface area contributed by atoms with Gasteiger partial charge in [0.1, 0.15) is 0 Å². The number of aromatic amines is 1. The molecule has 2 aromatic heterocycles. The molecule has 4 rings (SSSR count). The van der Waals surface area contributed by atoms with E-state index in [1.54, 1.807) is 6.07 Å². The highest BCUT2D eigenvalue weighted by atomic mass is 32.2. The Morgan fingerprint density at radius 2 is 1.62 bits per heavy atom. The van der Waals surface area contributed by atoms with Gasteiger partial charge in [-0.3, -0.25) is 4.79 Å². The molecule has 0 amide bonds. The lowest BCUT2D eigenvalue weighted by molar-refractivity contribution is 0.402. The van der Waals surface area contributed by atoms with Crippen molar-refractivity contribution in [2.45, 2.75) is 45.7 Å². The summed E-state index contributed by atoms with van der Waals surface area (Å²) >= 11 is 1.50. The van der Waals surface area contributed by atoms with Crippen molar-refractivity contribution in [1.29, 1.82) is 0 Å². The Balaban J connectivity index is 1.83. The second kappa shape index (κ2) is 8.65. The van der Waals surface area contributed by atoms with Crippen LogP contribution in [0, 0.1) is 27.7 Å². The number of nitrogens with zero attached hydrogens (tertiary/aromatic N) is 1. The molecule has 2 aromatic carbocycles. The maximum absolute atomic E-state index is 13.9. The summed E-state index contributed by atoms with van der Waals surface area (Å²) in [5, 5.41) is 2.81. The average molecular weight is 467 g/mol. The van der Waals surface area contributed by atoms with Crippen molar-refractivity contribution in [3.8, 4) is 0 Å². The van der Waals surface area contributed by atoms with Crippen LogP contribution in [0.2, 0.25) is 0 Å². The molecule has 7 heteroatoms. The third-order valence-electron chi connectivity index (χ3n) is 5.63. The summed E-state index contributed by atoms with van der Waals surface area (Å²) in [4.78, 5) is 17.1.